The van der Waals surface area contributed by atoms with Crippen molar-refractivity contribution in [3.05, 3.63) is 30.1 Å². The van der Waals surface area contributed by atoms with E-state index in [1.54, 1.807) is 0 Å². The molecule has 2 atom stereocenters. The number of nitrogens with zero attached hydrogens (tertiary/aromatic N) is 1. The van der Waals surface area contributed by atoms with Gasteiger partial charge in [0.2, 0.25) is 0 Å². The largest absolute Gasteiger partial charge is 0.380 e. The van der Waals surface area contributed by atoms with Gasteiger partial charge in [-0.05, 0) is 25.1 Å². The molecule has 0 bridgehead atoms. The van der Waals surface area contributed by atoms with Crippen LogP contribution in [0.5, 0.6) is 0 Å². The van der Waals surface area contributed by atoms with Crippen LogP contribution in [0.2, 0.25) is 0 Å². The minimum absolute atomic E-state index is 0.187. The molecule has 0 saturated carbocycles. The van der Waals surface area contributed by atoms with E-state index in [4.69, 9.17) is 4.74 Å². The summed E-state index contributed by atoms with van der Waals surface area (Å²) in [5.74, 6) is 0.598. The molecule has 3 nitrogen and oxygen atoms in total. The van der Waals surface area contributed by atoms with Crippen LogP contribution in [0.4, 0.5) is 0 Å². The Hall–Kier alpha value is -0.930. The van der Waals surface area contributed by atoms with Crippen molar-refractivity contribution in [3.63, 3.8) is 0 Å². The van der Waals surface area contributed by atoms with Crippen LogP contribution in [0, 0.1) is 5.92 Å². The second-order valence-corrected chi connectivity index (χ2v) is 4.54. The molecule has 80 valence electrons. The minimum atomic E-state index is 0.187. The molecular weight excluding hydrogens is 188 g/mol. The normalized spacial score (nSPS) is 35.1. The summed E-state index contributed by atoms with van der Waals surface area (Å²) in [6.45, 7) is 3.87. The van der Waals surface area contributed by atoms with Gasteiger partial charge >= 0.3 is 0 Å². The molecular formula is C12H16N2O. The Balaban J connectivity index is 2.00. The SMILES string of the molecule is c1ccc(C23CCNCC2COC3)nc1. The average Bonchev–Trinajstić information content (AvgIpc) is 2.75. The number of ether oxygens (including phenoxy) is 1. The van der Waals surface area contributed by atoms with Crippen molar-refractivity contribution in [2.45, 2.75) is 11.8 Å². The van der Waals surface area contributed by atoms with E-state index < -0.39 is 0 Å². The van der Waals surface area contributed by atoms with Crippen molar-refractivity contribution < 1.29 is 4.74 Å². The van der Waals surface area contributed by atoms with Crippen LogP contribution in [0.15, 0.2) is 24.4 Å². The van der Waals surface area contributed by atoms with Gasteiger partial charge in [-0.2, -0.15) is 0 Å². The Labute approximate surface area is 89.9 Å². The molecule has 2 unspecified atom stereocenters. The van der Waals surface area contributed by atoms with Crippen LogP contribution < -0.4 is 5.32 Å². The van der Waals surface area contributed by atoms with Crippen LogP contribution in [0.1, 0.15) is 12.1 Å². The number of fused-ring (bicyclic) bond motifs is 1. The fourth-order valence-corrected chi connectivity index (χ4v) is 2.85. The van der Waals surface area contributed by atoms with Gasteiger partial charge in [0.15, 0.2) is 0 Å². The Morgan fingerprint density at radius 1 is 1.47 bits per heavy atom. The monoisotopic (exact) mass is 204 g/mol. The van der Waals surface area contributed by atoms with E-state index in [9.17, 15) is 0 Å². The Bertz CT molecular complexity index is 341. The lowest BCUT2D eigenvalue weighted by Gasteiger charge is -2.37. The highest BCUT2D eigenvalue weighted by Crippen LogP contribution is 2.41. The van der Waals surface area contributed by atoms with Gasteiger partial charge in [-0.15, -0.1) is 0 Å². The Morgan fingerprint density at radius 3 is 3.33 bits per heavy atom. The first-order valence-corrected chi connectivity index (χ1v) is 5.62. The Morgan fingerprint density at radius 2 is 2.47 bits per heavy atom. The molecule has 3 heterocycles. The van der Waals surface area contributed by atoms with E-state index in [1.165, 1.54) is 5.69 Å². The van der Waals surface area contributed by atoms with E-state index in [0.29, 0.717) is 5.92 Å². The molecule has 2 fully saturated rings. The van der Waals surface area contributed by atoms with E-state index in [-0.39, 0.29) is 5.41 Å². The molecule has 3 heteroatoms. The van der Waals surface area contributed by atoms with Crippen molar-refractivity contribution >= 4 is 0 Å². The standard InChI is InChI=1S/C12H16N2O/c1-2-5-14-11(3-1)12-4-6-13-7-10(12)8-15-9-12/h1-3,5,10,13H,4,6-9H2. The highest BCUT2D eigenvalue weighted by molar-refractivity contribution is 5.22. The van der Waals surface area contributed by atoms with Gasteiger partial charge in [-0.3, -0.25) is 4.98 Å². The second-order valence-electron chi connectivity index (χ2n) is 4.54. The molecule has 2 aliphatic rings. The van der Waals surface area contributed by atoms with Crippen LogP contribution in [-0.2, 0) is 10.2 Å². The van der Waals surface area contributed by atoms with E-state index >= 15 is 0 Å². The first-order valence-electron chi connectivity index (χ1n) is 5.62. The molecule has 3 rings (SSSR count). The fourth-order valence-electron chi connectivity index (χ4n) is 2.85. The highest BCUT2D eigenvalue weighted by atomic mass is 16.5. The van der Waals surface area contributed by atoms with E-state index in [0.717, 1.165) is 32.7 Å². The molecule has 1 aromatic heterocycles. The molecule has 0 aliphatic carbocycles. The molecule has 1 N–H and O–H groups in total. The van der Waals surface area contributed by atoms with Gasteiger partial charge in [-0.1, -0.05) is 6.07 Å². The smallest absolute Gasteiger partial charge is 0.0582 e. The van der Waals surface area contributed by atoms with Crippen LogP contribution in [-0.4, -0.2) is 31.3 Å². The van der Waals surface area contributed by atoms with E-state index in [2.05, 4.69) is 22.4 Å². The molecule has 0 aromatic carbocycles. The predicted molar refractivity (Wildman–Crippen MR) is 57.7 cm³/mol. The first-order chi connectivity index (χ1) is 7.42. The molecule has 1 aromatic rings. The van der Waals surface area contributed by atoms with Crippen molar-refractivity contribution in [1.82, 2.24) is 10.3 Å². The summed E-state index contributed by atoms with van der Waals surface area (Å²) in [5, 5.41) is 3.44. The summed E-state index contributed by atoms with van der Waals surface area (Å²) < 4.78 is 5.67. The lowest BCUT2D eigenvalue weighted by Crippen LogP contribution is -2.47. The number of aromatic nitrogens is 1. The third-order valence-corrected chi connectivity index (χ3v) is 3.77. The molecule has 2 saturated heterocycles. The summed E-state index contributed by atoms with van der Waals surface area (Å²) >= 11 is 0. The summed E-state index contributed by atoms with van der Waals surface area (Å²) in [7, 11) is 0. The maximum atomic E-state index is 5.67. The number of piperidine rings is 1. The first kappa shape index (κ1) is 9.31. The number of hydrogen-bond donors (Lipinski definition) is 1. The Kier molecular flexibility index (Phi) is 2.22. The number of pyridine rings is 1. The van der Waals surface area contributed by atoms with Crippen LogP contribution in [0.3, 0.4) is 0 Å². The van der Waals surface area contributed by atoms with Gasteiger partial charge in [0, 0.05) is 29.8 Å². The summed E-state index contributed by atoms with van der Waals surface area (Å²) in [4.78, 5) is 4.53. The van der Waals surface area contributed by atoms with Gasteiger partial charge in [0.1, 0.15) is 0 Å². The quantitative estimate of drug-likeness (QED) is 0.740. The number of rotatable bonds is 1. The van der Waals surface area contributed by atoms with Gasteiger partial charge in [0.25, 0.3) is 0 Å². The molecule has 0 amide bonds. The zero-order chi connectivity index (χ0) is 10.1. The van der Waals surface area contributed by atoms with Crippen molar-refractivity contribution in [2.75, 3.05) is 26.3 Å². The fraction of sp³-hybridized carbons (Fsp3) is 0.583. The van der Waals surface area contributed by atoms with Crippen molar-refractivity contribution in [2.24, 2.45) is 5.92 Å². The number of hydrogen-bond acceptors (Lipinski definition) is 3. The maximum Gasteiger partial charge on any atom is 0.0582 e. The van der Waals surface area contributed by atoms with Crippen molar-refractivity contribution in [1.29, 1.82) is 0 Å². The summed E-state index contributed by atoms with van der Waals surface area (Å²) in [6, 6.07) is 6.20. The lowest BCUT2D eigenvalue weighted by molar-refractivity contribution is 0.173. The molecule has 2 aliphatic heterocycles. The second kappa shape index (κ2) is 3.58. The lowest BCUT2D eigenvalue weighted by atomic mass is 9.70. The summed E-state index contributed by atoms with van der Waals surface area (Å²) in [5.41, 5.74) is 1.40. The van der Waals surface area contributed by atoms with Crippen LogP contribution >= 0.6 is 0 Å². The average molecular weight is 204 g/mol. The topological polar surface area (TPSA) is 34.1 Å². The highest BCUT2D eigenvalue weighted by Gasteiger charge is 2.47. The zero-order valence-electron chi connectivity index (χ0n) is 8.78. The van der Waals surface area contributed by atoms with E-state index in [1.807, 2.05) is 12.3 Å². The van der Waals surface area contributed by atoms with Crippen molar-refractivity contribution in [3.8, 4) is 0 Å². The van der Waals surface area contributed by atoms with Gasteiger partial charge < -0.3 is 10.1 Å². The predicted octanol–water partition coefficient (Wildman–Crippen LogP) is 0.959. The van der Waals surface area contributed by atoms with Gasteiger partial charge in [0.05, 0.1) is 13.2 Å². The number of nitrogens with one attached hydrogen (secondary N) is 1. The zero-order valence-corrected chi connectivity index (χ0v) is 8.78. The molecule has 15 heavy (non-hydrogen) atoms. The third kappa shape index (κ3) is 1.38. The molecule has 0 spiro atoms. The molecule has 0 radical (unpaired) electrons. The van der Waals surface area contributed by atoms with Gasteiger partial charge in [-0.25, -0.2) is 0 Å². The summed E-state index contributed by atoms with van der Waals surface area (Å²) in [6.07, 6.45) is 3.04. The maximum absolute atomic E-state index is 5.67. The third-order valence-electron chi connectivity index (χ3n) is 3.77. The minimum Gasteiger partial charge on any atom is -0.380 e. The van der Waals surface area contributed by atoms with Crippen LogP contribution in [0.25, 0.3) is 0 Å².